The summed E-state index contributed by atoms with van der Waals surface area (Å²) in [4.78, 5) is 22.8. The highest BCUT2D eigenvalue weighted by molar-refractivity contribution is 6.42. The number of esters is 2. The van der Waals surface area contributed by atoms with Gasteiger partial charge in [-0.3, -0.25) is 4.79 Å². The lowest BCUT2D eigenvalue weighted by atomic mass is 10.1. The largest absolute Gasteiger partial charge is 0.469 e. The van der Waals surface area contributed by atoms with Crippen molar-refractivity contribution in [3.8, 4) is 0 Å². The van der Waals surface area contributed by atoms with Crippen LogP contribution in [-0.4, -0.2) is 26.2 Å². The number of rotatable bonds is 4. The molecule has 0 atom stereocenters. The number of hydrogen-bond acceptors (Lipinski definition) is 4. The van der Waals surface area contributed by atoms with Crippen molar-refractivity contribution in [3.63, 3.8) is 0 Å². The van der Waals surface area contributed by atoms with Crippen LogP contribution in [0.3, 0.4) is 0 Å². The van der Waals surface area contributed by atoms with Crippen LogP contribution in [0.25, 0.3) is 6.08 Å². The molecule has 0 fully saturated rings. The third kappa shape index (κ3) is 4.58. The van der Waals surface area contributed by atoms with Crippen LogP contribution in [0.4, 0.5) is 0 Å². The standard InChI is InChI=1S/C13H12Cl2O4/c1-18-12(16)7-9(13(17)19-2)5-8-3-4-10(14)11(15)6-8/h3-6H,7H2,1-2H3/b9-5+. The maximum Gasteiger partial charge on any atom is 0.334 e. The highest BCUT2D eigenvalue weighted by atomic mass is 35.5. The highest BCUT2D eigenvalue weighted by Crippen LogP contribution is 2.24. The van der Waals surface area contributed by atoms with Gasteiger partial charge in [0.2, 0.25) is 0 Å². The third-order valence-corrected chi connectivity index (χ3v) is 3.03. The minimum atomic E-state index is -0.600. The van der Waals surface area contributed by atoms with Crippen LogP contribution in [0.5, 0.6) is 0 Å². The molecule has 0 aromatic heterocycles. The Morgan fingerprint density at radius 1 is 1.16 bits per heavy atom. The number of benzene rings is 1. The Kier molecular flexibility index (Phi) is 5.86. The van der Waals surface area contributed by atoms with E-state index in [9.17, 15) is 9.59 Å². The molecule has 0 aliphatic heterocycles. The summed E-state index contributed by atoms with van der Waals surface area (Å²) in [6.07, 6.45) is 1.33. The number of methoxy groups -OCH3 is 2. The molecule has 1 aromatic carbocycles. The van der Waals surface area contributed by atoms with Crippen LogP contribution < -0.4 is 0 Å². The summed E-state index contributed by atoms with van der Waals surface area (Å²) in [7, 11) is 2.48. The quantitative estimate of drug-likeness (QED) is 0.633. The molecule has 0 saturated heterocycles. The third-order valence-electron chi connectivity index (χ3n) is 2.29. The lowest BCUT2D eigenvalue weighted by Gasteiger charge is -2.05. The van der Waals surface area contributed by atoms with Crippen molar-refractivity contribution in [2.45, 2.75) is 6.42 Å². The SMILES string of the molecule is COC(=O)C/C(=C\c1ccc(Cl)c(Cl)c1)C(=O)OC. The van der Waals surface area contributed by atoms with Crippen molar-refractivity contribution in [2.24, 2.45) is 0 Å². The van der Waals surface area contributed by atoms with Gasteiger partial charge >= 0.3 is 11.9 Å². The van der Waals surface area contributed by atoms with Crippen LogP contribution in [-0.2, 0) is 19.1 Å². The zero-order chi connectivity index (χ0) is 14.4. The summed E-state index contributed by atoms with van der Waals surface area (Å²) in [6.45, 7) is 0. The predicted octanol–water partition coefficient (Wildman–Crippen LogP) is 3.11. The minimum absolute atomic E-state index is 0.174. The molecule has 0 aliphatic carbocycles. The van der Waals surface area contributed by atoms with E-state index in [0.717, 1.165) is 0 Å². The van der Waals surface area contributed by atoms with Gasteiger partial charge in [0.15, 0.2) is 0 Å². The Hall–Kier alpha value is -1.52. The smallest absolute Gasteiger partial charge is 0.334 e. The normalized spacial score (nSPS) is 11.1. The summed E-state index contributed by atoms with van der Waals surface area (Å²) in [5.41, 5.74) is 0.812. The Labute approximate surface area is 120 Å². The molecule has 1 aromatic rings. The maximum absolute atomic E-state index is 11.6. The van der Waals surface area contributed by atoms with Crippen molar-refractivity contribution < 1.29 is 19.1 Å². The molecule has 0 bridgehead atoms. The molecule has 0 radical (unpaired) electrons. The van der Waals surface area contributed by atoms with Gasteiger partial charge in [-0.15, -0.1) is 0 Å². The molecule has 0 unspecified atom stereocenters. The van der Waals surface area contributed by atoms with E-state index in [-0.39, 0.29) is 12.0 Å². The molecule has 0 aliphatic rings. The molecule has 1 rings (SSSR count). The monoisotopic (exact) mass is 302 g/mol. The fourth-order valence-electron chi connectivity index (χ4n) is 1.34. The number of carbonyl (C=O) groups excluding carboxylic acids is 2. The summed E-state index contributed by atoms with van der Waals surface area (Å²) >= 11 is 11.7. The average Bonchev–Trinajstić information content (AvgIpc) is 2.41. The zero-order valence-corrected chi connectivity index (χ0v) is 11.9. The van der Waals surface area contributed by atoms with E-state index < -0.39 is 11.9 Å². The first-order chi connectivity index (χ1) is 8.97. The first kappa shape index (κ1) is 15.5. The Morgan fingerprint density at radius 3 is 2.37 bits per heavy atom. The molecular weight excluding hydrogens is 291 g/mol. The van der Waals surface area contributed by atoms with E-state index in [1.54, 1.807) is 18.2 Å². The fraction of sp³-hybridized carbons (Fsp3) is 0.231. The van der Waals surface area contributed by atoms with Gasteiger partial charge < -0.3 is 9.47 Å². The van der Waals surface area contributed by atoms with E-state index in [1.165, 1.54) is 20.3 Å². The van der Waals surface area contributed by atoms with Crippen LogP contribution in [0.15, 0.2) is 23.8 Å². The van der Waals surface area contributed by atoms with Gasteiger partial charge in [0, 0.05) is 5.57 Å². The molecule has 0 saturated carbocycles. The zero-order valence-electron chi connectivity index (χ0n) is 10.4. The Morgan fingerprint density at radius 2 is 1.84 bits per heavy atom. The Balaban J connectivity index is 3.08. The number of hydrogen-bond donors (Lipinski definition) is 0. The molecule has 4 nitrogen and oxygen atoms in total. The fourth-order valence-corrected chi connectivity index (χ4v) is 1.65. The minimum Gasteiger partial charge on any atom is -0.469 e. The van der Waals surface area contributed by atoms with Gasteiger partial charge in [-0.2, -0.15) is 0 Å². The van der Waals surface area contributed by atoms with Crippen LogP contribution in [0, 0.1) is 0 Å². The maximum atomic E-state index is 11.6. The second kappa shape index (κ2) is 7.16. The van der Waals surface area contributed by atoms with E-state index in [4.69, 9.17) is 23.2 Å². The van der Waals surface area contributed by atoms with Crippen molar-refractivity contribution in [2.75, 3.05) is 14.2 Å². The van der Waals surface area contributed by atoms with Crippen LogP contribution in [0.1, 0.15) is 12.0 Å². The molecule has 19 heavy (non-hydrogen) atoms. The molecule has 0 heterocycles. The van der Waals surface area contributed by atoms with Gasteiger partial charge in [-0.1, -0.05) is 29.3 Å². The Bertz CT molecular complexity index is 523. The van der Waals surface area contributed by atoms with Crippen LogP contribution in [0.2, 0.25) is 10.0 Å². The average molecular weight is 303 g/mol. The topological polar surface area (TPSA) is 52.6 Å². The van der Waals surface area contributed by atoms with Gasteiger partial charge in [0.25, 0.3) is 0 Å². The molecule has 0 spiro atoms. The first-order valence-corrected chi connectivity index (χ1v) is 6.04. The van der Waals surface area contributed by atoms with Crippen molar-refractivity contribution in [3.05, 3.63) is 39.4 Å². The summed E-state index contributed by atoms with van der Waals surface area (Å²) in [6, 6.07) is 4.86. The molecule has 6 heteroatoms. The number of carbonyl (C=O) groups is 2. The summed E-state index contributed by atoms with van der Waals surface area (Å²) < 4.78 is 9.13. The second-order valence-corrected chi connectivity index (χ2v) is 4.40. The highest BCUT2D eigenvalue weighted by Gasteiger charge is 2.15. The molecule has 0 amide bonds. The van der Waals surface area contributed by atoms with Gasteiger partial charge in [0.05, 0.1) is 30.7 Å². The predicted molar refractivity (Wildman–Crippen MR) is 73.1 cm³/mol. The first-order valence-electron chi connectivity index (χ1n) is 5.28. The van der Waals surface area contributed by atoms with Gasteiger partial charge in [-0.05, 0) is 23.8 Å². The van der Waals surface area contributed by atoms with E-state index in [0.29, 0.717) is 15.6 Å². The number of halogens is 2. The molecular formula is C13H12Cl2O4. The van der Waals surface area contributed by atoms with Crippen LogP contribution >= 0.6 is 23.2 Å². The summed E-state index contributed by atoms with van der Waals surface area (Å²) in [5.74, 6) is -1.13. The molecule has 0 N–H and O–H groups in total. The molecule has 102 valence electrons. The number of ether oxygens (including phenoxy) is 2. The van der Waals surface area contributed by atoms with Crippen molar-refractivity contribution in [1.82, 2.24) is 0 Å². The second-order valence-electron chi connectivity index (χ2n) is 3.59. The van der Waals surface area contributed by atoms with Gasteiger partial charge in [-0.25, -0.2) is 4.79 Å². The van der Waals surface area contributed by atoms with Gasteiger partial charge in [0.1, 0.15) is 0 Å². The van der Waals surface area contributed by atoms with Crippen molar-refractivity contribution >= 4 is 41.2 Å². The lowest BCUT2D eigenvalue weighted by molar-refractivity contribution is -0.143. The summed E-state index contributed by atoms with van der Waals surface area (Å²) in [5, 5.41) is 0.768. The lowest BCUT2D eigenvalue weighted by Crippen LogP contribution is -2.10. The van der Waals surface area contributed by atoms with E-state index >= 15 is 0 Å². The van der Waals surface area contributed by atoms with E-state index in [1.807, 2.05) is 0 Å². The van der Waals surface area contributed by atoms with E-state index in [2.05, 4.69) is 9.47 Å². The van der Waals surface area contributed by atoms with Crippen molar-refractivity contribution in [1.29, 1.82) is 0 Å².